The van der Waals surface area contributed by atoms with Crippen LogP contribution in [0.2, 0.25) is 5.02 Å². The predicted molar refractivity (Wildman–Crippen MR) is 156 cm³/mol. The largest absolute Gasteiger partial charge is 0.370 e. The Morgan fingerprint density at radius 2 is 1.82 bits per heavy atom. The third-order valence-corrected chi connectivity index (χ3v) is 9.40. The monoisotopic (exact) mass is 543 g/mol. The van der Waals surface area contributed by atoms with Crippen LogP contribution in [0.15, 0.2) is 83.9 Å². The van der Waals surface area contributed by atoms with Crippen molar-refractivity contribution in [2.45, 2.75) is 17.7 Å². The molecule has 7 nitrogen and oxygen atoms in total. The quantitative estimate of drug-likeness (QED) is 0.328. The number of halogens is 1. The van der Waals surface area contributed by atoms with E-state index < -0.39 is 10.0 Å². The Labute approximate surface area is 227 Å². The minimum Gasteiger partial charge on any atom is -0.370 e. The van der Waals surface area contributed by atoms with Gasteiger partial charge in [0.1, 0.15) is 13.7 Å². The van der Waals surface area contributed by atoms with Crippen LogP contribution in [-0.4, -0.2) is 54.8 Å². The highest BCUT2D eigenvalue weighted by molar-refractivity contribution is 7.89. The van der Waals surface area contributed by atoms with Gasteiger partial charge in [-0.3, -0.25) is 0 Å². The lowest BCUT2D eigenvalue weighted by molar-refractivity contribution is 0.275. The molecule has 0 radical (unpaired) electrons. The van der Waals surface area contributed by atoms with Crippen molar-refractivity contribution >= 4 is 57.2 Å². The highest BCUT2D eigenvalue weighted by atomic mass is 35.5. The van der Waals surface area contributed by atoms with Crippen LogP contribution in [0.3, 0.4) is 0 Å². The Morgan fingerprint density at radius 3 is 2.66 bits per heavy atom. The molecule has 1 aliphatic rings. The first-order valence-electron chi connectivity index (χ1n) is 12.7. The van der Waals surface area contributed by atoms with Crippen molar-refractivity contribution in [2.24, 2.45) is 5.92 Å². The number of nitrogens with one attached hydrogen (secondary N) is 1. The first-order valence-corrected chi connectivity index (χ1v) is 14.5. The Hall–Kier alpha value is -3.40. The first-order chi connectivity index (χ1) is 18.4. The van der Waals surface area contributed by atoms with Crippen molar-refractivity contribution in [2.75, 3.05) is 25.0 Å². The highest BCUT2D eigenvalue weighted by Crippen LogP contribution is 2.29. The molecule has 0 amide bonds. The number of hydrogen-bond acceptors (Lipinski definition) is 5. The summed E-state index contributed by atoms with van der Waals surface area (Å²) in [5, 5.41) is 10.6. The number of nitrogens with zero attached hydrogens (tertiary/aromatic N) is 4. The van der Waals surface area contributed by atoms with Gasteiger partial charge >= 0.3 is 0 Å². The van der Waals surface area contributed by atoms with E-state index in [-0.39, 0.29) is 5.92 Å². The number of rotatable bonds is 6. The number of sulfonamides is 1. The number of aromatic nitrogens is 3. The smallest absolute Gasteiger partial charge is 0.243 e. The summed E-state index contributed by atoms with van der Waals surface area (Å²) in [6.07, 6.45) is 3.56. The normalized spacial score (nSPS) is 16.7. The lowest BCUT2D eigenvalue weighted by Gasteiger charge is -2.32. The van der Waals surface area contributed by atoms with Crippen LogP contribution in [0, 0.1) is 5.92 Å². The van der Waals surface area contributed by atoms with Gasteiger partial charge in [-0.2, -0.15) is 13.9 Å². The van der Waals surface area contributed by atoms with Gasteiger partial charge in [-0.1, -0.05) is 60.1 Å². The van der Waals surface area contributed by atoms with E-state index in [4.69, 9.17) is 16.6 Å². The minimum absolute atomic E-state index is 0.155. The summed E-state index contributed by atoms with van der Waals surface area (Å²) in [5.41, 5.74) is 3.34. The molecule has 0 aliphatic carbocycles. The Kier molecular flexibility index (Phi) is 6.59. The van der Waals surface area contributed by atoms with Crippen molar-refractivity contribution in [3.05, 3.63) is 84.0 Å². The molecule has 3 heterocycles. The fourth-order valence-corrected chi connectivity index (χ4v) is 6.97. The third-order valence-electron chi connectivity index (χ3n) is 7.21. The lowest BCUT2D eigenvalue weighted by Crippen LogP contribution is -2.41. The van der Waals surface area contributed by atoms with E-state index in [2.05, 4.69) is 10.4 Å². The molecule has 1 saturated heterocycles. The molecule has 1 unspecified atom stereocenters. The molecule has 1 aliphatic heterocycles. The molecule has 38 heavy (non-hydrogen) atoms. The van der Waals surface area contributed by atoms with Crippen LogP contribution >= 0.6 is 11.6 Å². The molecule has 192 valence electrons. The molecule has 5 aromatic rings. The molecule has 2 aromatic heterocycles. The average Bonchev–Trinajstić information content (AvgIpc) is 3.32. The summed E-state index contributed by atoms with van der Waals surface area (Å²) in [6.45, 7) is 1.61. The van der Waals surface area contributed by atoms with Crippen LogP contribution in [0.5, 0.6) is 0 Å². The van der Waals surface area contributed by atoms with Crippen molar-refractivity contribution in [1.29, 1.82) is 0 Å². The number of benzene rings is 3. The summed E-state index contributed by atoms with van der Waals surface area (Å²) in [6, 6.07) is 22.8. The molecule has 0 bridgehead atoms. The molecule has 10 heteroatoms. The molecule has 6 rings (SSSR count). The van der Waals surface area contributed by atoms with Gasteiger partial charge in [-0.15, -0.1) is 0 Å². The lowest BCUT2D eigenvalue weighted by atomic mass is 9.99. The molecule has 1 N–H and O–H groups in total. The second-order valence-electron chi connectivity index (χ2n) is 9.83. The Balaban J connectivity index is 1.23. The predicted octanol–water partition coefficient (Wildman–Crippen LogP) is 3.97. The average molecular weight is 544 g/mol. The van der Waals surface area contributed by atoms with Gasteiger partial charge in [-0.25, -0.2) is 13.4 Å². The SMILES string of the molecule is Bc1cnn2c(NCC3CCCN(S(=O)(=O)c4ccc5ccccc5c4)C3)cc(-c3ccccc3Cl)nc12. The van der Waals surface area contributed by atoms with E-state index in [1.54, 1.807) is 27.2 Å². The van der Waals surface area contributed by atoms with Crippen molar-refractivity contribution < 1.29 is 8.42 Å². The van der Waals surface area contributed by atoms with E-state index in [1.807, 2.05) is 68.5 Å². The molecule has 3 aromatic carbocycles. The first kappa shape index (κ1) is 24.9. The van der Waals surface area contributed by atoms with Crippen molar-refractivity contribution in [1.82, 2.24) is 18.9 Å². The second kappa shape index (κ2) is 10.1. The van der Waals surface area contributed by atoms with Crippen LogP contribution in [0.4, 0.5) is 5.82 Å². The maximum atomic E-state index is 13.5. The van der Waals surface area contributed by atoms with Crippen molar-refractivity contribution in [3.63, 3.8) is 0 Å². The number of hydrogen-bond donors (Lipinski definition) is 1. The zero-order chi connectivity index (χ0) is 26.3. The highest BCUT2D eigenvalue weighted by Gasteiger charge is 2.30. The summed E-state index contributed by atoms with van der Waals surface area (Å²) >= 11 is 6.47. The van der Waals surface area contributed by atoms with Gasteiger partial charge in [0.05, 0.1) is 10.6 Å². The zero-order valence-electron chi connectivity index (χ0n) is 21.0. The van der Waals surface area contributed by atoms with Gasteiger partial charge in [0.25, 0.3) is 0 Å². The summed E-state index contributed by atoms with van der Waals surface area (Å²) in [5.74, 6) is 0.954. The van der Waals surface area contributed by atoms with Gasteiger partial charge in [-0.05, 0) is 53.2 Å². The molecular weight excluding hydrogens is 517 g/mol. The second-order valence-corrected chi connectivity index (χ2v) is 12.2. The summed E-state index contributed by atoms with van der Waals surface area (Å²) in [4.78, 5) is 5.15. The summed E-state index contributed by atoms with van der Waals surface area (Å²) in [7, 11) is -1.61. The maximum Gasteiger partial charge on any atom is 0.243 e. The molecule has 0 spiro atoms. The van der Waals surface area contributed by atoms with E-state index in [9.17, 15) is 8.42 Å². The number of fused-ring (bicyclic) bond motifs is 2. The van der Waals surface area contributed by atoms with E-state index in [1.165, 1.54) is 0 Å². The molecule has 1 atom stereocenters. The maximum absolute atomic E-state index is 13.5. The van der Waals surface area contributed by atoms with Gasteiger partial charge in [0.2, 0.25) is 10.0 Å². The molecular formula is C28H27BClN5O2S. The van der Waals surface area contributed by atoms with Gasteiger partial charge < -0.3 is 5.32 Å². The Bertz CT molecular complexity index is 1760. The topological polar surface area (TPSA) is 79.6 Å². The van der Waals surface area contributed by atoms with E-state index in [0.717, 1.165) is 51.8 Å². The minimum atomic E-state index is -3.58. The van der Waals surface area contributed by atoms with E-state index in [0.29, 0.717) is 29.6 Å². The standard InChI is InChI=1S/C28H27BClN5O2S/c29-24-17-32-35-27(15-26(33-28(24)35)23-9-3-4-10-25(23)30)31-16-19-6-5-13-34(18-19)38(36,37)22-12-11-20-7-1-2-8-21(20)14-22/h1-4,7-12,14-15,17,19,31H,5-6,13,16,18,29H2. The Morgan fingerprint density at radius 1 is 1.03 bits per heavy atom. The zero-order valence-corrected chi connectivity index (χ0v) is 22.6. The van der Waals surface area contributed by atoms with Crippen molar-refractivity contribution in [3.8, 4) is 11.3 Å². The van der Waals surface area contributed by atoms with Crippen LogP contribution in [0.25, 0.3) is 27.7 Å². The van der Waals surface area contributed by atoms with Crippen LogP contribution < -0.4 is 10.8 Å². The summed E-state index contributed by atoms with van der Waals surface area (Å²) < 4.78 is 30.5. The third kappa shape index (κ3) is 4.66. The van der Waals surface area contributed by atoms with Gasteiger partial charge in [0.15, 0.2) is 5.65 Å². The van der Waals surface area contributed by atoms with E-state index >= 15 is 0 Å². The number of piperidine rings is 1. The van der Waals surface area contributed by atoms with Crippen LogP contribution in [-0.2, 0) is 10.0 Å². The fraction of sp³-hybridized carbons (Fsp3) is 0.214. The fourth-order valence-electron chi connectivity index (χ4n) is 5.14. The molecule has 1 fully saturated rings. The van der Waals surface area contributed by atoms with Gasteiger partial charge in [0, 0.05) is 42.5 Å². The molecule has 0 saturated carbocycles. The van der Waals surface area contributed by atoms with Crippen LogP contribution in [0.1, 0.15) is 12.8 Å². The number of anilines is 1.